The lowest BCUT2D eigenvalue weighted by Crippen LogP contribution is -2.38. The monoisotopic (exact) mass is 266 g/mol. The van der Waals surface area contributed by atoms with Crippen LogP contribution in [0.5, 0.6) is 0 Å². The molecule has 0 saturated carbocycles. The molecule has 1 aromatic rings. The van der Waals surface area contributed by atoms with Crippen molar-refractivity contribution in [3.8, 4) is 0 Å². The molecule has 0 aliphatic rings. The molecule has 0 spiro atoms. The van der Waals surface area contributed by atoms with Gasteiger partial charge in [-0.15, -0.1) is 0 Å². The molecule has 0 saturated heterocycles. The summed E-state index contributed by atoms with van der Waals surface area (Å²) in [5, 5.41) is 9.66. The van der Waals surface area contributed by atoms with Crippen LogP contribution in [0, 0.1) is 0 Å². The molecular formula is C14H22N2O3. The maximum atomic E-state index is 11.8. The Morgan fingerprint density at radius 1 is 1.42 bits per heavy atom. The number of rotatable bonds is 7. The first-order valence-electron chi connectivity index (χ1n) is 6.51. The molecule has 1 aromatic carbocycles. The summed E-state index contributed by atoms with van der Waals surface area (Å²) < 4.78 is 5.20. The molecule has 3 N–H and O–H groups in total. The van der Waals surface area contributed by atoms with Crippen LogP contribution in [0.25, 0.3) is 0 Å². The van der Waals surface area contributed by atoms with Crippen molar-refractivity contribution < 1.29 is 14.6 Å². The van der Waals surface area contributed by atoms with E-state index in [1.54, 1.807) is 0 Å². The highest BCUT2D eigenvalue weighted by Crippen LogP contribution is 2.04. The second-order valence-corrected chi connectivity index (χ2v) is 4.31. The Bertz CT molecular complexity index is 370. The molecule has 0 aliphatic carbocycles. The molecule has 0 bridgehead atoms. The Morgan fingerprint density at radius 3 is 2.68 bits per heavy atom. The number of aliphatic hydroxyl groups is 1. The third-order valence-corrected chi connectivity index (χ3v) is 2.78. The molecule has 0 aromatic heterocycles. The van der Waals surface area contributed by atoms with Gasteiger partial charge in [-0.25, -0.2) is 4.79 Å². The first-order chi connectivity index (χ1) is 9.17. The number of amides is 1. The Morgan fingerprint density at radius 2 is 2.11 bits per heavy atom. The number of carbonyl (C=O) groups excluding carboxylic acids is 1. The van der Waals surface area contributed by atoms with Gasteiger partial charge in [-0.1, -0.05) is 30.3 Å². The van der Waals surface area contributed by atoms with Crippen LogP contribution in [0.1, 0.15) is 18.9 Å². The van der Waals surface area contributed by atoms with Crippen molar-refractivity contribution in [1.29, 1.82) is 0 Å². The summed E-state index contributed by atoms with van der Waals surface area (Å²) in [6.07, 6.45) is -0.542. The number of carbonyl (C=O) groups is 1. The summed E-state index contributed by atoms with van der Waals surface area (Å²) in [5.74, 6) is 0. The summed E-state index contributed by atoms with van der Waals surface area (Å²) in [4.78, 5) is 13.3. The van der Waals surface area contributed by atoms with E-state index in [2.05, 4.69) is 0 Å². The maximum absolute atomic E-state index is 11.8. The number of likely N-dealkylation sites (N-methyl/N-ethyl adjacent to an activating group) is 1. The Labute approximate surface area is 114 Å². The second-order valence-electron chi connectivity index (χ2n) is 4.31. The van der Waals surface area contributed by atoms with Crippen LogP contribution in [0.2, 0.25) is 0 Å². The predicted molar refractivity (Wildman–Crippen MR) is 73.6 cm³/mol. The zero-order chi connectivity index (χ0) is 14.1. The van der Waals surface area contributed by atoms with E-state index in [4.69, 9.17) is 10.5 Å². The van der Waals surface area contributed by atoms with E-state index >= 15 is 0 Å². The van der Waals surface area contributed by atoms with E-state index < -0.39 is 12.2 Å². The van der Waals surface area contributed by atoms with Gasteiger partial charge in [-0.3, -0.25) is 0 Å². The third-order valence-electron chi connectivity index (χ3n) is 2.78. The minimum absolute atomic E-state index is 0.239. The molecular weight excluding hydrogens is 244 g/mol. The molecule has 1 amide bonds. The normalized spacial score (nSPS) is 11.9. The number of ether oxygens (including phenoxy) is 1. The molecule has 1 rings (SSSR count). The van der Waals surface area contributed by atoms with Crippen LogP contribution >= 0.6 is 0 Å². The van der Waals surface area contributed by atoms with Gasteiger partial charge in [-0.05, 0) is 25.5 Å². The standard InChI is InChI=1S/C14H22N2O3/c1-2-16(10-13(17)8-9-15)14(18)19-11-12-6-4-3-5-7-12/h3-7,13,17H,2,8-11,15H2,1H3. The highest BCUT2D eigenvalue weighted by Gasteiger charge is 2.16. The second kappa shape index (κ2) is 8.50. The number of benzene rings is 1. The first-order valence-corrected chi connectivity index (χ1v) is 6.51. The van der Waals surface area contributed by atoms with Crippen molar-refractivity contribution >= 4 is 6.09 Å². The topological polar surface area (TPSA) is 75.8 Å². The molecule has 0 fully saturated rings. The summed E-state index contributed by atoms with van der Waals surface area (Å²) in [7, 11) is 0. The summed E-state index contributed by atoms with van der Waals surface area (Å²) >= 11 is 0. The largest absolute Gasteiger partial charge is 0.445 e. The molecule has 19 heavy (non-hydrogen) atoms. The molecule has 0 heterocycles. The van der Waals surface area contributed by atoms with Crippen LogP contribution < -0.4 is 5.73 Å². The van der Waals surface area contributed by atoms with Crippen LogP contribution in [0.3, 0.4) is 0 Å². The van der Waals surface area contributed by atoms with Gasteiger partial charge in [0, 0.05) is 13.1 Å². The van der Waals surface area contributed by atoms with Crippen molar-refractivity contribution in [2.45, 2.75) is 26.1 Å². The van der Waals surface area contributed by atoms with Gasteiger partial charge in [0.05, 0.1) is 6.10 Å². The van der Waals surface area contributed by atoms with Crippen LogP contribution in [0.4, 0.5) is 4.79 Å². The minimum Gasteiger partial charge on any atom is -0.445 e. The Kier molecular flexibility index (Phi) is 6.92. The van der Waals surface area contributed by atoms with Gasteiger partial charge in [0.2, 0.25) is 0 Å². The fourth-order valence-corrected chi connectivity index (χ4v) is 1.68. The maximum Gasteiger partial charge on any atom is 0.410 e. The lowest BCUT2D eigenvalue weighted by atomic mass is 10.2. The molecule has 1 unspecified atom stereocenters. The van der Waals surface area contributed by atoms with Crippen molar-refractivity contribution in [3.63, 3.8) is 0 Å². The predicted octanol–water partition coefficient (Wildman–Crippen LogP) is 1.35. The van der Waals surface area contributed by atoms with Crippen LogP contribution in [0.15, 0.2) is 30.3 Å². The van der Waals surface area contributed by atoms with Gasteiger partial charge >= 0.3 is 6.09 Å². The van der Waals surface area contributed by atoms with Crippen molar-refractivity contribution in [3.05, 3.63) is 35.9 Å². The number of nitrogens with zero attached hydrogens (tertiary/aromatic N) is 1. The molecule has 5 nitrogen and oxygen atoms in total. The number of nitrogens with two attached hydrogens (primary N) is 1. The van der Waals surface area contributed by atoms with Gasteiger partial charge in [0.15, 0.2) is 0 Å². The number of aliphatic hydroxyl groups excluding tert-OH is 1. The summed E-state index contributed by atoms with van der Waals surface area (Å²) in [6, 6.07) is 9.49. The molecule has 106 valence electrons. The quantitative estimate of drug-likeness (QED) is 0.781. The number of hydrogen-bond acceptors (Lipinski definition) is 4. The lowest BCUT2D eigenvalue weighted by molar-refractivity contribution is 0.0691. The summed E-state index contributed by atoms with van der Waals surface area (Å²) in [5.41, 5.74) is 6.30. The van der Waals surface area contributed by atoms with Crippen LogP contribution in [-0.2, 0) is 11.3 Å². The Balaban J connectivity index is 2.41. The fourth-order valence-electron chi connectivity index (χ4n) is 1.68. The van der Waals surface area contributed by atoms with Gasteiger partial charge in [0.1, 0.15) is 6.61 Å². The lowest BCUT2D eigenvalue weighted by Gasteiger charge is -2.23. The van der Waals surface area contributed by atoms with E-state index in [1.165, 1.54) is 4.90 Å². The first kappa shape index (κ1) is 15.5. The molecule has 0 radical (unpaired) electrons. The highest BCUT2D eigenvalue weighted by atomic mass is 16.6. The minimum atomic E-state index is -0.603. The average molecular weight is 266 g/mol. The average Bonchev–Trinajstić information content (AvgIpc) is 2.43. The fraction of sp³-hybridized carbons (Fsp3) is 0.500. The van der Waals surface area contributed by atoms with E-state index in [0.29, 0.717) is 19.5 Å². The zero-order valence-corrected chi connectivity index (χ0v) is 11.3. The van der Waals surface area contributed by atoms with Gasteiger partial charge in [-0.2, -0.15) is 0 Å². The smallest absolute Gasteiger partial charge is 0.410 e. The van der Waals surface area contributed by atoms with E-state index in [9.17, 15) is 9.90 Å². The SMILES string of the molecule is CCN(CC(O)CCN)C(=O)OCc1ccccc1. The van der Waals surface area contributed by atoms with Gasteiger partial charge in [0.25, 0.3) is 0 Å². The molecule has 5 heteroatoms. The van der Waals surface area contributed by atoms with E-state index in [-0.39, 0.29) is 13.2 Å². The van der Waals surface area contributed by atoms with E-state index in [0.717, 1.165) is 5.56 Å². The summed E-state index contributed by atoms with van der Waals surface area (Å²) in [6.45, 7) is 3.23. The molecule has 1 atom stereocenters. The third kappa shape index (κ3) is 5.72. The van der Waals surface area contributed by atoms with Crippen molar-refractivity contribution in [2.75, 3.05) is 19.6 Å². The Hall–Kier alpha value is -1.59. The zero-order valence-electron chi connectivity index (χ0n) is 11.3. The van der Waals surface area contributed by atoms with E-state index in [1.807, 2.05) is 37.3 Å². The van der Waals surface area contributed by atoms with Crippen molar-refractivity contribution in [2.24, 2.45) is 5.73 Å². The highest BCUT2D eigenvalue weighted by molar-refractivity contribution is 5.67. The van der Waals surface area contributed by atoms with Crippen LogP contribution in [-0.4, -0.2) is 41.8 Å². The molecule has 0 aliphatic heterocycles. The van der Waals surface area contributed by atoms with Gasteiger partial charge < -0.3 is 20.5 Å². The number of hydrogen-bond donors (Lipinski definition) is 2. The van der Waals surface area contributed by atoms with Crippen molar-refractivity contribution in [1.82, 2.24) is 4.90 Å².